The Balaban J connectivity index is 0.000000561. The summed E-state index contributed by atoms with van der Waals surface area (Å²) in [6.07, 6.45) is 1.38. The summed E-state index contributed by atoms with van der Waals surface area (Å²) in [5.74, 6) is 0. The van der Waals surface area contributed by atoms with Crippen LogP contribution in [0.4, 0.5) is 0 Å². The van der Waals surface area contributed by atoms with E-state index in [1.54, 1.807) is 0 Å². The number of hydrogen-bond acceptors (Lipinski definition) is 1. The van der Waals surface area contributed by atoms with E-state index in [1.807, 2.05) is 32.9 Å². The van der Waals surface area contributed by atoms with Crippen LogP contribution < -0.4 is 0 Å². The predicted molar refractivity (Wildman–Crippen MR) is 55.1 cm³/mol. The summed E-state index contributed by atoms with van der Waals surface area (Å²) >= 11 is 0. The van der Waals surface area contributed by atoms with Crippen LogP contribution in [0.3, 0.4) is 0 Å². The van der Waals surface area contributed by atoms with Crippen molar-refractivity contribution in [2.24, 2.45) is 0 Å². The van der Waals surface area contributed by atoms with Crippen LogP contribution in [0.1, 0.15) is 30.5 Å². The monoisotopic (exact) mass is 163 g/mol. The summed E-state index contributed by atoms with van der Waals surface area (Å²) in [6, 6.07) is 6.07. The lowest BCUT2D eigenvalue weighted by Gasteiger charge is -1.98. The second-order valence-corrected chi connectivity index (χ2v) is 2.50. The molecule has 0 unspecified atom stereocenters. The van der Waals surface area contributed by atoms with Crippen LogP contribution in [0.5, 0.6) is 0 Å². The summed E-state index contributed by atoms with van der Waals surface area (Å²) in [7, 11) is 0. The molecule has 1 nitrogen and oxygen atoms in total. The number of hydrogen-bond donors (Lipinski definition) is 1. The molecule has 1 N–H and O–H groups in total. The molecule has 66 valence electrons. The highest BCUT2D eigenvalue weighted by molar-refractivity contribution is 5.79. The van der Waals surface area contributed by atoms with Gasteiger partial charge in [-0.1, -0.05) is 37.6 Å². The van der Waals surface area contributed by atoms with Gasteiger partial charge in [-0.15, -0.1) is 0 Å². The third kappa shape index (κ3) is 2.87. The first kappa shape index (κ1) is 10.9. The standard InChI is InChI=1S/C9H11N.C2H6/c1-7-3-4-9(6-10)8(2)5-7;1-2/h3-6,10H,1-2H3;1-2H3. The lowest BCUT2D eigenvalue weighted by molar-refractivity contribution is 1.36. The highest BCUT2D eigenvalue weighted by Crippen LogP contribution is 2.07. The smallest absolute Gasteiger partial charge is 0.0252 e. The molecule has 0 spiro atoms. The molecule has 12 heavy (non-hydrogen) atoms. The Labute approximate surface area is 74.9 Å². The molecule has 0 saturated carbocycles. The number of nitrogens with one attached hydrogen (secondary N) is 1. The maximum atomic E-state index is 7.03. The van der Waals surface area contributed by atoms with Crippen molar-refractivity contribution in [1.82, 2.24) is 0 Å². The lowest BCUT2D eigenvalue weighted by Crippen LogP contribution is -1.85. The second kappa shape index (κ2) is 5.53. The maximum Gasteiger partial charge on any atom is 0.0252 e. The fourth-order valence-electron chi connectivity index (χ4n) is 0.988. The number of rotatable bonds is 1. The van der Waals surface area contributed by atoms with Crippen molar-refractivity contribution in [2.45, 2.75) is 27.7 Å². The van der Waals surface area contributed by atoms with E-state index in [0.717, 1.165) is 5.56 Å². The van der Waals surface area contributed by atoms with Gasteiger partial charge in [-0.25, -0.2) is 0 Å². The molecule has 0 aromatic heterocycles. The average molecular weight is 163 g/mol. The van der Waals surface area contributed by atoms with E-state index in [-0.39, 0.29) is 0 Å². The zero-order valence-corrected chi connectivity index (χ0v) is 8.31. The molecule has 0 fully saturated rings. The van der Waals surface area contributed by atoms with Gasteiger partial charge < -0.3 is 5.41 Å². The first-order chi connectivity index (χ1) is 5.74. The molecule has 1 aromatic rings. The summed E-state index contributed by atoms with van der Waals surface area (Å²) < 4.78 is 0. The SMILES string of the molecule is CC.Cc1ccc(C=N)c(C)c1. The molecule has 0 radical (unpaired) electrons. The first-order valence-electron chi connectivity index (χ1n) is 4.32. The molecule has 0 heterocycles. The maximum absolute atomic E-state index is 7.03. The molecule has 1 aromatic carbocycles. The molecule has 0 aliphatic carbocycles. The van der Waals surface area contributed by atoms with E-state index >= 15 is 0 Å². The van der Waals surface area contributed by atoms with Crippen LogP contribution in [0.25, 0.3) is 0 Å². The van der Waals surface area contributed by atoms with E-state index in [1.165, 1.54) is 17.3 Å². The molecule has 1 heteroatoms. The zero-order chi connectivity index (χ0) is 9.56. The minimum absolute atomic E-state index is 1.01. The fraction of sp³-hybridized carbons (Fsp3) is 0.364. The average Bonchev–Trinajstić information content (AvgIpc) is 2.08. The molecule has 0 aliphatic rings. The highest BCUT2D eigenvalue weighted by atomic mass is 14.3. The van der Waals surface area contributed by atoms with Gasteiger partial charge in [-0.2, -0.15) is 0 Å². The van der Waals surface area contributed by atoms with Gasteiger partial charge in [0.05, 0.1) is 0 Å². The van der Waals surface area contributed by atoms with Crippen LogP contribution in [-0.4, -0.2) is 6.21 Å². The highest BCUT2D eigenvalue weighted by Gasteiger charge is 1.92. The zero-order valence-electron chi connectivity index (χ0n) is 8.31. The summed E-state index contributed by atoms with van der Waals surface area (Å²) in [5.41, 5.74) is 3.43. The van der Waals surface area contributed by atoms with E-state index in [9.17, 15) is 0 Å². The van der Waals surface area contributed by atoms with Gasteiger partial charge in [0, 0.05) is 6.21 Å². The Kier molecular flexibility index (Phi) is 5.02. The summed E-state index contributed by atoms with van der Waals surface area (Å²) in [6.45, 7) is 8.08. The Morgan fingerprint density at radius 2 is 1.75 bits per heavy atom. The van der Waals surface area contributed by atoms with Gasteiger partial charge in [-0.05, 0) is 25.0 Å². The van der Waals surface area contributed by atoms with Crippen molar-refractivity contribution in [3.8, 4) is 0 Å². The van der Waals surface area contributed by atoms with Gasteiger partial charge in [0.2, 0.25) is 0 Å². The largest absolute Gasteiger partial charge is 0.308 e. The van der Waals surface area contributed by atoms with Gasteiger partial charge in [-0.3, -0.25) is 0 Å². The van der Waals surface area contributed by atoms with Crippen molar-refractivity contribution < 1.29 is 0 Å². The molecule has 0 saturated heterocycles. The quantitative estimate of drug-likeness (QED) is 0.614. The molecule has 0 aliphatic heterocycles. The van der Waals surface area contributed by atoms with Crippen molar-refractivity contribution >= 4 is 6.21 Å². The van der Waals surface area contributed by atoms with Crippen LogP contribution in [-0.2, 0) is 0 Å². The van der Waals surface area contributed by atoms with Crippen LogP contribution in [0.15, 0.2) is 18.2 Å². The topological polar surface area (TPSA) is 23.9 Å². The molecule has 0 amide bonds. The Morgan fingerprint density at radius 1 is 1.17 bits per heavy atom. The second-order valence-electron chi connectivity index (χ2n) is 2.50. The van der Waals surface area contributed by atoms with Crippen molar-refractivity contribution in [3.05, 3.63) is 34.9 Å². The Bertz CT molecular complexity index is 251. The predicted octanol–water partition coefficient (Wildman–Crippen LogP) is 3.33. The van der Waals surface area contributed by atoms with E-state index < -0.39 is 0 Å². The third-order valence-corrected chi connectivity index (χ3v) is 1.58. The van der Waals surface area contributed by atoms with Crippen molar-refractivity contribution in [2.75, 3.05) is 0 Å². The summed E-state index contributed by atoms with van der Waals surface area (Å²) in [5, 5.41) is 7.03. The van der Waals surface area contributed by atoms with Gasteiger partial charge in [0.25, 0.3) is 0 Å². The lowest BCUT2D eigenvalue weighted by atomic mass is 10.1. The fourth-order valence-corrected chi connectivity index (χ4v) is 0.988. The van der Waals surface area contributed by atoms with Gasteiger partial charge >= 0.3 is 0 Å². The molecular formula is C11H17N. The van der Waals surface area contributed by atoms with E-state index in [2.05, 4.69) is 13.0 Å². The first-order valence-corrected chi connectivity index (χ1v) is 4.32. The Hall–Kier alpha value is -1.11. The van der Waals surface area contributed by atoms with Crippen molar-refractivity contribution in [1.29, 1.82) is 5.41 Å². The van der Waals surface area contributed by atoms with Crippen LogP contribution in [0, 0.1) is 19.3 Å². The van der Waals surface area contributed by atoms with E-state index in [0.29, 0.717) is 0 Å². The number of benzene rings is 1. The minimum atomic E-state index is 1.01. The van der Waals surface area contributed by atoms with E-state index in [4.69, 9.17) is 5.41 Å². The van der Waals surface area contributed by atoms with Gasteiger partial charge in [0.15, 0.2) is 0 Å². The molecule has 0 bridgehead atoms. The van der Waals surface area contributed by atoms with Crippen LogP contribution in [0.2, 0.25) is 0 Å². The molecular weight excluding hydrogens is 146 g/mol. The van der Waals surface area contributed by atoms with Crippen LogP contribution >= 0.6 is 0 Å². The Morgan fingerprint density at radius 3 is 2.17 bits per heavy atom. The van der Waals surface area contributed by atoms with Gasteiger partial charge in [0.1, 0.15) is 0 Å². The molecule has 0 atom stereocenters. The minimum Gasteiger partial charge on any atom is -0.308 e. The third-order valence-electron chi connectivity index (χ3n) is 1.58. The number of aryl methyl sites for hydroxylation is 2. The normalized spacial score (nSPS) is 8.33. The van der Waals surface area contributed by atoms with Crippen molar-refractivity contribution in [3.63, 3.8) is 0 Å². The molecule has 1 rings (SSSR count). The summed E-state index contributed by atoms with van der Waals surface area (Å²) in [4.78, 5) is 0.